The quantitative estimate of drug-likeness (QED) is 0.759. The Kier molecular flexibility index (Phi) is 3.92. The number of benzene rings is 1. The smallest absolute Gasteiger partial charge is 0.143 e. The van der Waals surface area contributed by atoms with Gasteiger partial charge < -0.3 is 5.32 Å². The van der Waals surface area contributed by atoms with E-state index in [1.165, 1.54) is 0 Å². The summed E-state index contributed by atoms with van der Waals surface area (Å²) >= 11 is 0. The Balaban J connectivity index is 1.70. The molecule has 3 rings (SSSR count). The molecule has 2 aromatic heterocycles. The molecule has 1 unspecified atom stereocenters. The van der Waals surface area contributed by atoms with Crippen molar-refractivity contribution in [3.05, 3.63) is 60.4 Å². The third kappa shape index (κ3) is 3.26. The second-order valence-electron chi connectivity index (χ2n) is 4.65. The third-order valence-electron chi connectivity index (χ3n) is 3.22. The maximum atomic E-state index is 4.20. The summed E-state index contributed by atoms with van der Waals surface area (Å²) in [4.78, 5) is 8.11. The van der Waals surface area contributed by atoms with Crippen LogP contribution in [0.4, 0.5) is 0 Å². The van der Waals surface area contributed by atoms with Crippen molar-refractivity contribution in [1.29, 1.82) is 0 Å². The predicted molar refractivity (Wildman–Crippen MR) is 76.4 cm³/mol. The Morgan fingerprint density at radius 2 is 2.24 bits per heavy atom. The van der Waals surface area contributed by atoms with Crippen LogP contribution in [0.5, 0.6) is 0 Å². The van der Waals surface area contributed by atoms with E-state index in [-0.39, 0.29) is 6.04 Å². The highest BCUT2D eigenvalue weighted by molar-refractivity contribution is 5.35. The van der Waals surface area contributed by atoms with E-state index in [0.717, 1.165) is 16.9 Å². The number of hydrogen-bond acceptors (Lipinski definition) is 6. The lowest BCUT2D eigenvalue weighted by atomic mass is 10.1. The highest BCUT2D eigenvalue weighted by Gasteiger charge is 2.07. The minimum atomic E-state index is 0.191. The van der Waals surface area contributed by atoms with Crippen LogP contribution >= 0.6 is 0 Å². The van der Waals surface area contributed by atoms with Crippen LogP contribution in [0.25, 0.3) is 5.69 Å². The molecule has 3 aromatic rings. The highest BCUT2D eigenvalue weighted by atomic mass is 15.5. The number of rotatable bonds is 5. The molecule has 0 fully saturated rings. The van der Waals surface area contributed by atoms with Gasteiger partial charge in [-0.1, -0.05) is 12.1 Å². The number of nitrogens with zero attached hydrogens (tertiary/aromatic N) is 6. The number of hydrogen-bond donors (Lipinski definition) is 1. The minimum absolute atomic E-state index is 0.191. The first-order valence-corrected chi connectivity index (χ1v) is 6.64. The van der Waals surface area contributed by atoms with Crippen LogP contribution in [-0.2, 0) is 6.54 Å². The number of tetrazole rings is 1. The maximum absolute atomic E-state index is 4.20. The summed E-state index contributed by atoms with van der Waals surface area (Å²) < 4.78 is 1.64. The first-order valence-electron chi connectivity index (χ1n) is 6.64. The molecule has 2 heterocycles. The molecule has 1 aromatic carbocycles. The molecule has 0 aliphatic carbocycles. The molecule has 0 saturated heterocycles. The van der Waals surface area contributed by atoms with Crippen molar-refractivity contribution in [3.8, 4) is 5.69 Å². The van der Waals surface area contributed by atoms with E-state index in [4.69, 9.17) is 0 Å². The van der Waals surface area contributed by atoms with Crippen molar-refractivity contribution >= 4 is 0 Å². The van der Waals surface area contributed by atoms with E-state index < -0.39 is 0 Å². The van der Waals surface area contributed by atoms with E-state index in [2.05, 4.69) is 49.9 Å². The first kappa shape index (κ1) is 13.3. The monoisotopic (exact) mass is 281 g/mol. The molecule has 0 amide bonds. The van der Waals surface area contributed by atoms with Gasteiger partial charge in [-0.3, -0.25) is 0 Å². The molecule has 0 aliphatic rings. The van der Waals surface area contributed by atoms with E-state index in [0.29, 0.717) is 6.54 Å². The van der Waals surface area contributed by atoms with Crippen molar-refractivity contribution < 1.29 is 0 Å². The molecule has 1 N–H and O–H groups in total. The molecule has 1 atom stereocenters. The third-order valence-corrected chi connectivity index (χ3v) is 3.22. The Bertz CT molecular complexity index is 682. The summed E-state index contributed by atoms with van der Waals surface area (Å²) in [6, 6.07) is 10.2. The van der Waals surface area contributed by atoms with Crippen molar-refractivity contribution in [2.24, 2.45) is 0 Å². The van der Waals surface area contributed by atoms with Gasteiger partial charge >= 0.3 is 0 Å². The van der Waals surface area contributed by atoms with Gasteiger partial charge in [0.2, 0.25) is 0 Å². The van der Waals surface area contributed by atoms with Gasteiger partial charge in [-0.05, 0) is 41.1 Å². The van der Waals surface area contributed by atoms with Crippen LogP contribution < -0.4 is 5.32 Å². The summed E-state index contributed by atoms with van der Waals surface area (Å²) in [5.41, 5.74) is 3.07. The first-order chi connectivity index (χ1) is 10.3. The van der Waals surface area contributed by atoms with Gasteiger partial charge in [0, 0.05) is 18.8 Å². The molecule has 106 valence electrons. The highest BCUT2D eigenvalue weighted by Crippen LogP contribution is 2.16. The van der Waals surface area contributed by atoms with Crippen LogP contribution in [0.3, 0.4) is 0 Å². The lowest BCUT2D eigenvalue weighted by Gasteiger charge is -2.14. The molecule has 0 bridgehead atoms. The molecule has 0 radical (unpaired) electrons. The minimum Gasteiger partial charge on any atom is -0.305 e. The molecule has 21 heavy (non-hydrogen) atoms. The standard InChI is InChI=1S/C14H15N7/c1-11(16-8-13-5-6-15-9-17-13)12-3-2-4-14(7-12)21-10-18-19-20-21/h2-7,9-11,16H,8H2,1H3. The van der Waals surface area contributed by atoms with Crippen LogP contribution in [0.1, 0.15) is 24.2 Å². The zero-order chi connectivity index (χ0) is 14.5. The van der Waals surface area contributed by atoms with Crippen molar-refractivity contribution in [2.75, 3.05) is 0 Å². The Morgan fingerprint density at radius 1 is 1.29 bits per heavy atom. The van der Waals surface area contributed by atoms with Gasteiger partial charge in [-0.25, -0.2) is 14.6 Å². The van der Waals surface area contributed by atoms with E-state index in [9.17, 15) is 0 Å². The Morgan fingerprint density at radius 3 is 3.00 bits per heavy atom. The van der Waals surface area contributed by atoms with Gasteiger partial charge in [0.25, 0.3) is 0 Å². The largest absolute Gasteiger partial charge is 0.305 e. The average molecular weight is 281 g/mol. The van der Waals surface area contributed by atoms with Gasteiger partial charge in [0.1, 0.15) is 12.7 Å². The van der Waals surface area contributed by atoms with Gasteiger partial charge in [-0.2, -0.15) is 0 Å². The van der Waals surface area contributed by atoms with E-state index in [1.807, 2.05) is 18.2 Å². The molecular formula is C14H15N7. The Hall–Kier alpha value is -2.67. The Labute approximate surface area is 122 Å². The summed E-state index contributed by atoms with van der Waals surface area (Å²) in [6.07, 6.45) is 4.88. The molecule has 0 spiro atoms. The van der Waals surface area contributed by atoms with Gasteiger partial charge in [0.15, 0.2) is 0 Å². The molecule has 0 saturated carbocycles. The molecule has 7 nitrogen and oxygen atoms in total. The number of aromatic nitrogens is 6. The zero-order valence-corrected chi connectivity index (χ0v) is 11.6. The van der Waals surface area contributed by atoms with Crippen LogP contribution in [0, 0.1) is 0 Å². The van der Waals surface area contributed by atoms with E-state index in [1.54, 1.807) is 23.5 Å². The molecular weight excluding hydrogens is 266 g/mol. The second-order valence-corrected chi connectivity index (χ2v) is 4.65. The van der Waals surface area contributed by atoms with Crippen molar-refractivity contribution in [1.82, 2.24) is 35.5 Å². The fourth-order valence-electron chi connectivity index (χ4n) is 2.01. The van der Waals surface area contributed by atoms with Crippen LogP contribution in [-0.4, -0.2) is 30.2 Å². The van der Waals surface area contributed by atoms with Gasteiger partial charge in [0.05, 0.1) is 11.4 Å². The lowest BCUT2D eigenvalue weighted by Crippen LogP contribution is -2.19. The van der Waals surface area contributed by atoms with Crippen molar-refractivity contribution in [2.45, 2.75) is 19.5 Å². The zero-order valence-electron chi connectivity index (χ0n) is 11.6. The summed E-state index contributed by atoms with van der Waals surface area (Å²) in [7, 11) is 0. The normalized spacial score (nSPS) is 12.2. The summed E-state index contributed by atoms with van der Waals surface area (Å²) in [5.74, 6) is 0. The number of nitrogens with one attached hydrogen (secondary N) is 1. The SMILES string of the molecule is CC(NCc1ccncn1)c1cccc(-n2cnnn2)c1. The molecule has 0 aliphatic heterocycles. The van der Waals surface area contributed by atoms with Crippen LogP contribution in [0.15, 0.2) is 49.2 Å². The fraction of sp³-hybridized carbons (Fsp3) is 0.214. The topological polar surface area (TPSA) is 81.4 Å². The molecule has 7 heteroatoms. The second kappa shape index (κ2) is 6.19. The maximum Gasteiger partial charge on any atom is 0.143 e. The predicted octanol–water partition coefficient (Wildman–Crippen LogP) is 1.30. The van der Waals surface area contributed by atoms with Gasteiger partial charge in [-0.15, -0.1) is 5.10 Å². The van der Waals surface area contributed by atoms with Crippen LogP contribution in [0.2, 0.25) is 0 Å². The fourth-order valence-corrected chi connectivity index (χ4v) is 2.01. The van der Waals surface area contributed by atoms with Crippen molar-refractivity contribution in [3.63, 3.8) is 0 Å². The lowest BCUT2D eigenvalue weighted by molar-refractivity contribution is 0.566. The summed E-state index contributed by atoms with van der Waals surface area (Å²) in [6.45, 7) is 2.80. The van der Waals surface area contributed by atoms with E-state index >= 15 is 0 Å². The average Bonchev–Trinajstić information content (AvgIpc) is 3.08. The summed E-state index contributed by atoms with van der Waals surface area (Å²) in [5, 5.41) is 14.6.